The van der Waals surface area contributed by atoms with Crippen LogP contribution in [0.15, 0.2) is 54.7 Å². The molecule has 5 rings (SSSR count). The molecule has 186 valence electrons. The van der Waals surface area contributed by atoms with Gasteiger partial charge in [0.15, 0.2) is 17.5 Å². The molecule has 1 saturated heterocycles. The van der Waals surface area contributed by atoms with Crippen molar-refractivity contribution in [3.8, 4) is 22.6 Å². The van der Waals surface area contributed by atoms with Gasteiger partial charge in [-0.3, -0.25) is 0 Å². The Balaban J connectivity index is 1.50. The summed E-state index contributed by atoms with van der Waals surface area (Å²) in [5.74, 6) is -1.84. The smallest absolute Gasteiger partial charge is 0.227 e. The lowest BCUT2D eigenvalue weighted by Gasteiger charge is -2.35. The van der Waals surface area contributed by atoms with E-state index in [4.69, 9.17) is 9.47 Å². The van der Waals surface area contributed by atoms with E-state index >= 15 is 0 Å². The molecule has 0 unspecified atom stereocenters. The van der Waals surface area contributed by atoms with Crippen LogP contribution in [-0.4, -0.2) is 44.9 Å². The number of nitrogens with one attached hydrogen (secondary N) is 2. The van der Waals surface area contributed by atoms with E-state index in [0.29, 0.717) is 28.5 Å². The lowest BCUT2D eigenvalue weighted by Crippen LogP contribution is -2.39. The Hall–Kier alpha value is -3.80. The summed E-state index contributed by atoms with van der Waals surface area (Å²) in [7, 11) is 0. The number of H-pyrrole nitrogens is 1. The fourth-order valence-electron chi connectivity index (χ4n) is 3.66. The van der Waals surface area contributed by atoms with Crippen molar-refractivity contribution in [2.45, 2.75) is 13.2 Å². The zero-order chi connectivity index (χ0) is 25.3. The number of imidazole rings is 1. The minimum Gasteiger partial charge on any atom is -0.396 e. The fourth-order valence-corrected chi connectivity index (χ4v) is 3.66. The third kappa shape index (κ3) is 4.94. The number of hydrogen-bond acceptors (Lipinski definition) is 7. The van der Waals surface area contributed by atoms with Crippen molar-refractivity contribution >= 4 is 11.6 Å². The first kappa shape index (κ1) is 23.9. The predicted octanol–water partition coefficient (Wildman–Crippen LogP) is 4.74. The van der Waals surface area contributed by atoms with E-state index in [1.165, 1.54) is 24.4 Å². The summed E-state index contributed by atoms with van der Waals surface area (Å²) in [4.78, 5) is 16.5. The normalized spacial score (nSPS) is 19.9. The third-order valence-electron chi connectivity index (χ3n) is 5.70. The standard InChI is InChI=1S/C25H22F3N5O3/c1-25(11-34)12-35-23(36-13-25)22-32-20(14-2-4-15(26)5-3-14)21(33-22)19-8-9-29-24(31-19)30-16-6-7-17(27)18(28)10-16/h2-10,23,34H,11-13H2,1H3,(H,32,33)(H,29,30,31). The lowest BCUT2D eigenvalue weighted by atomic mass is 9.94. The molecule has 36 heavy (non-hydrogen) atoms. The maximum atomic E-state index is 13.6. The fraction of sp³-hybridized carbons (Fsp3) is 0.240. The molecule has 0 radical (unpaired) electrons. The molecule has 0 saturated carbocycles. The van der Waals surface area contributed by atoms with Crippen molar-refractivity contribution < 1.29 is 27.8 Å². The summed E-state index contributed by atoms with van der Waals surface area (Å²) in [5, 5.41) is 12.4. The number of aliphatic hydroxyl groups excluding tert-OH is 1. The van der Waals surface area contributed by atoms with Crippen molar-refractivity contribution in [2.24, 2.45) is 5.41 Å². The zero-order valence-electron chi connectivity index (χ0n) is 19.1. The van der Waals surface area contributed by atoms with Crippen LogP contribution in [0.1, 0.15) is 19.0 Å². The maximum Gasteiger partial charge on any atom is 0.227 e. The molecule has 3 N–H and O–H groups in total. The number of ether oxygens (including phenoxy) is 2. The molecule has 2 aromatic heterocycles. The highest BCUT2D eigenvalue weighted by Gasteiger charge is 2.34. The molecule has 2 aromatic carbocycles. The predicted molar refractivity (Wildman–Crippen MR) is 124 cm³/mol. The van der Waals surface area contributed by atoms with E-state index < -0.39 is 29.2 Å². The zero-order valence-corrected chi connectivity index (χ0v) is 19.1. The molecule has 4 aromatic rings. The van der Waals surface area contributed by atoms with Gasteiger partial charge in [-0.25, -0.2) is 28.1 Å². The molecular weight excluding hydrogens is 475 g/mol. The largest absolute Gasteiger partial charge is 0.396 e. The van der Waals surface area contributed by atoms with Crippen molar-refractivity contribution in [1.29, 1.82) is 0 Å². The van der Waals surface area contributed by atoms with E-state index in [9.17, 15) is 18.3 Å². The van der Waals surface area contributed by atoms with Crippen LogP contribution in [-0.2, 0) is 9.47 Å². The van der Waals surface area contributed by atoms with Crippen LogP contribution in [0.3, 0.4) is 0 Å². The average Bonchev–Trinajstić information content (AvgIpc) is 3.33. The van der Waals surface area contributed by atoms with Gasteiger partial charge in [0, 0.05) is 28.9 Å². The van der Waals surface area contributed by atoms with Crippen LogP contribution >= 0.6 is 0 Å². The lowest BCUT2D eigenvalue weighted by molar-refractivity contribution is -0.239. The minimum atomic E-state index is -1.00. The molecule has 0 atom stereocenters. The Morgan fingerprint density at radius 2 is 1.78 bits per heavy atom. The number of hydrogen-bond donors (Lipinski definition) is 3. The SMILES string of the molecule is CC1(CO)COC(c2nc(-c3ccc(F)cc3)c(-c3ccnc(Nc4ccc(F)c(F)c4)n3)[nH]2)OC1. The highest BCUT2D eigenvalue weighted by Crippen LogP contribution is 2.35. The van der Waals surface area contributed by atoms with E-state index in [1.807, 2.05) is 6.92 Å². The number of benzene rings is 2. The van der Waals surface area contributed by atoms with Gasteiger partial charge < -0.3 is 24.9 Å². The molecule has 8 nitrogen and oxygen atoms in total. The second-order valence-electron chi connectivity index (χ2n) is 8.79. The number of aromatic nitrogens is 4. The molecule has 1 fully saturated rings. The van der Waals surface area contributed by atoms with E-state index in [0.717, 1.165) is 12.1 Å². The Bertz CT molecular complexity index is 1370. The summed E-state index contributed by atoms with van der Waals surface area (Å²) in [6.07, 6.45) is 0.693. The molecule has 0 aliphatic carbocycles. The Kier molecular flexibility index (Phi) is 6.44. The number of nitrogens with zero attached hydrogens (tertiary/aromatic N) is 3. The number of anilines is 2. The summed E-state index contributed by atoms with van der Waals surface area (Å²) < 4.78 is 52.1. The quantitative estimate of drug-likeness (QED) is 0.353. The van der Waals surface area contributed by atoms with Crippen molar-refractivity contribution in [3.05, 3.63) is 78.0 Å². The molecule has 0 amide bonds. The van der Waals surface area contributed by atoms with E-state index in [2.05, 4.69) is 25.3 Å². The summed E-state index contributed by atoms with van der Waals surface area (Å²) in [5.41, 5.74) is 1.78. The third-order valence-corrected chi connectivity index (χ3v) is 5.70. The van der Waals surface area contributed by atoms with Crippen LogP contribution in [0.2, 0.25) is 0 Å². The summed E-state index contributed by atoms with van der Waals surface area (Å²) >= 11 is 0. The van der Waals surface area contributed by atoms with Crippen LogP contribution < -0.4 is 5.32 Å². The van der Waals surface area contributed by atoms with Crippen LogP contribution in [0.5, 0.6) is 0 Å². The van der Waals surface area contributed by atoms with Crippen LogP contribution in [0, 0.1) is 22.9 Å². The van der Waals surface area contributed by atoms with Crippen LogP contribution in [0.4, 0.5) is 24.8 Å². The van der Waals surface area contributed by atoms with Crippen LogP contribution in [0.25, 0.3) is 22.6 Å². The van der Waals surface area contributed by atoms with Crippen molar-refractivity contribution in [3.63, 3.8) is 0 Å². The molecule has 11 heteroatoms. The summed E-state index contributed by atoms with van der Waals surface area (Å²) in [6, 6.07) is 10.8. The topological polar surface area (TPSA) is 105 Å². The first-order valence-electron chi connectivity index (χ1n) is 11.1. The molecular formula is C25H22F3N5O3. The minimum absolute atomic E-state index is 0.0847. The Morgan fingerprint density at radius 3 is 2.47 bits per heavy atom. The number of halogens is 3. The molecule has 1 aliphatic heterocycles. The second kappa shape index (κ2) is 9.69. The van der Waals surface area contributed by atoms with Gasteiger partial charge in [-0.2, -0.15) is 0 Å². The first-order chi connectivity index (χ1) is 17.3. The van der Waals surface area contributed by atoms with Gasteiger partial charge in [0.1, 0.15) is 5.82 Å². The number of aromatic amines is 1. The van der Waals surface area contributed by atoms with E-state index in [-0.39, 0.29) is 31.5 Å². The highest BCUT2D eigenvalue weighted by atomic mass is 19.2. The van der Waals surface area contributed by atoms with Gasteiger partial charge >= 0.3 is 0 Å². The highest BCUT2D eigenvalue weighted by molar-refractivity contribution is 5.77. The molecule has 1 aliphatic rings. The Morgan fingerprint density at radius 1 is 1.03 bits per heavy atom. The molecule has 0 bridgehead atoms. The summed E-state index contributed by atoms with van der Waals surface area (Å²) in [6.45, 7) is 2.31. The number of aliphatic hydroxyl groups is 1. The van der Waals surface area contributed by atoms with Crippen molar-refractivity contribution in [1.82, 2.24) is 19.9 Å². The van der Waals surface area contributed by atoms with Gasteiger partial charge in [0.25, 0.3) is 0 Å². The molecule has 3 heterocycles. The van der Waals surface area contributed by atoms with Gasteiger partial charge in [-0.05, 0) is 42.5 Å². The van der Waals surface area contributed by atoms with Gasteiger partial charge in [0.05, 0.1) is 36.9 Å². The Labute approximate surface area is 204 Å². The molecule has 0 spiro atoms. The van der Waals surface area contributed by atoms with Gasteiger partial charge in [-0.1, -0.05) is 6.92 Å². The van der Waals surface area contributed by atoms with Gasteiger partial charge in [0.2, 0.25) is 12.2 Å². The maximum absolute atomic E-state index is 13.6. The monoisotopic (exact) mass is 497 g/mol. The van der Waals surface area contributed by atoms with E-state index in [1.54, 1.807) is 18.2 Å². The van der Waals surface area contributed by atoms with Crippen molar-refractivity contribution in [2.75, 3.05) is 25.1 Å². The van der Waals surface area contributed by atoms with Gasteiger partial charge in [-0.15, -0.1) is 0 Å². The average molecular weight is 497 g/mol. The number of rotatable bonds is 6. The first-order valence-corrected chi connectivity index (χ1v) is 11.1. The second-order valence-corrected chi connectivity index (χ2v) is 8.79.